The van der Waals surface area contributed by atoms with Crippen molar-refractivity contribution < 1.29 is 22.8 Å². The van der Waals surface area contributed by atoms with E-state index in [4.69, 9.17) is 0 Å². The van der Waals surface area contributed by atoms with Crippen molar-refractivity contribution in [3.63, 3.8) is 0 Å². The van der Waals surface area contributed by atoms with Gasteiger partial charge in [0.1, 0.15) is 5.75 Å². The average Bonchev–Trinajstić information content (AvgIpc) is 2.46. The van der Waals surface area contributed by atoms with E-state index in [1.54, 1.807) is 30.3 Å². The molecule has 0 saturated heterocycles. The van der Waals surface area contributed by atoms with Crippen LogP contribution in [0.5, 0.6) is 5.75 Å². The summed E-state index contributed by atoms with van der Waals surface area (Å²) in [5.41, 5.74) is 2.71. The Morgan fingerprint density at radius 1 is 1.17 bits per heavy atom. The molecule has 23 heavy (non-hydrogen) atoms. The summed E-state index contributed by atoms with van der Waals surface area (Å²) in [4.78, 5) is 10.2. The number of nitro benzene ring substituents is 1. The van der Waals surface area contributed by atoms with E-state index < -0.39 is 22.7 Å². The molecule has 0 saturated carbocycles. The van der Waals surface area contributed by atoms with E-state index in [0.717, 1.165) is 24.4 Å². The summed E-state index contributed by atoms with van der Waals surface area (Å²) in [6, 6.07) is 11.4. The highest BCUT2D eigenvalue weighted by Gasteiger charge is 2.31. The first kappa shape index (κ1) is 16.3. The molecule has 0 atom stereocenters. The number of hydrazone groups is 1. The van der Waals surface area contributed by atoms with Gasteiger partial charge in [-0.05, 0) is 24.3 Å². The van der Waals surface area contributed by atoms with Gasteiger partial charge in [-0.1, -0.05) is 18.2 Å². The molecule has 9 heteroatoms. The fourth-order valence-electron chi connectivity index (χ4n) is 1.69. The van der Waals surface area contributed by atoms with E-state index >= 15 is 0 Å². The Hall–Kier alpha value is -3.10. The average molecular weight is 325 g/mol. The molecule has 0 fully saturated rings. The number of halogens is 3. The summed E-state index contributed by atoms with van der Waals surface area (Å²) in [6.07, 6.45) is -3.83. The van der Waals surface area contributed by atoms with Crippen molar-refractivity contribution in [2.24, 2.45) is 5.10 Å². The molecule has 2 aromatic carbocycles. The predicted molar refractivity (Wildman–Crippen MR) is 77.4 cm³/mol. The van der Waals surface area contributed by atoms with Crippen LogP contribution in [0.15, 0.2) is 53.6 Å². The molecule has 6 nitrogen and oxygen atoms in total. The van der Waals surface area contributed by atoms with Crippen molar-refractivity contribution in [3.8, 4) is 5.75 Å². The maximum Gasteiger partial charge on any atom is 0.573 e. The first-order valence-corrected chi connectivity index (χ1v) is 6.23. The first-order chi connectivity index (χ1) is 10.8. The summed E-state index contributed by atoms with van der Waals surface area (Å²) in [6.45, 7) is 0. The van der Waals surface area contributed by atoms with Gasteiger partial charge in [0.25, 0.3) is 5.69 Å². The predicted octanol–water partition coefficient (Wildman–Crippen LogP) is 3.94. The van der Waals surface area contributed by atoms with Crippen molar-refractivity contribution in [2.45, 2.75) is 6.36 Å². The molecule has 0 unspecified atom stereocenters. The maximum atomic E-state index is 12.2. The zero-order chi connectivity index (χ0) is 16.9. The second kappa shape index (κ2) is 6.77. The summed E-state index contributed by atoms with van der Waals surface area (Å²) in [7, 11) is 0. The van der Waals surface area contributed by atoms with Gasteiger partial charge in [0, 0.05) is 6.07 Å². The second-order valence-corrected chi connectivity index (χ2v) is 4.26. The highest BCUT2D eigenvalue weighted by atomic mass is 19.4. The number of anilines is 1. The third-order valence-corrected chi connectivity index (χ3v) is 2.60. The number of hydrogen-bond acceptors (Lipinski definition) is 5. The molecule has 0 aliphatic heterocycles. The topological polar surface area (TPSA) is 76.8 Å². The van der Waals surface area contributed by atoms with Gasteiger partial charge in [-0.2, -0.15) is 5.10 Å². The molecule has 120 valence electrons. The zero-order valence-corrected chi connectivity index (χ0v) is 11.4. The number of benzene rings is 2. The van der Waals surface area contributed by atoms with Gasteiger partial charge < -0.3 is 4.74 Å². The second-order valence-electron chi connectivity index (χ2n) is 4.26. The standard InChI is InChI=1S/C14H10F3N3O3/c15-14(16,17)23-12-6-7-13(20(21)22)10(8-12)9-18-19-11-4-2-1-3-5-11/h1-9,19H. The van der Waals surface area contributed by atoms with Crippen LogP contribution in [0.1, 0.15) is 5.56 Å². The van der Waals surface area contributed by atoms with Crippen LogP contribution < -0.4 is 10.2 Å². The Kier molecular flexibility index (Phi) is 4.79. The summed E-state index contributed by atoms with van der Waals surface area (Å²) >= 11 is 0. The number of nitro groups is 1. The number of nitrogens with zero attached hydrogens (tertiary/aromatic N) is 2. The Labute approximate surface area is 128 Å². The van der Waals surface area contributed by atoms with Crippen molar-refractivity contribution >= 4 is 17.6 Å². The fraction of sp³-hybridized carbons (Fsp3) is 0.0714. The van der Waals surface area contributed by atoms with Crippen molar-refractivity contribution in [2.75, 3.05) is 5.43 Å². The zero-order valence-electron chi connectivity index (χ0n) is 11.4. The lowest BCUT2D eigenvalue weighted by Gasteiger charge is -2.09. The Morgan fingerprint density at radius 3 is 2.48 bits per heavy atom. The van der Waals surface area contributed by atoms with Crippen molar-refractivity contribution in [1.82, 2.24) is 0 Å². The summed E-state index contributed by atoms with van der Waals surface area (Å²) in [5.74, 6) is -0.565. The molecule has 0 amide bonds. The van der Waals surface area contributed by atoms with Gasteiger partial charge in [0.05, 0.1) is 22.4 Å². The largest absolute Gasteiger partial charge is 0.573 e. The van der Waals surface area contributed by atoms with Crippen LogP contribution in [0.3, 0.4) is 0 Å². The Bertz CT molecular complexity index is 718. The number of ether oxygens (including phenoxy) is 1. The van der Waals surface area contributed by atoms with Gasteiger partial charge in [-0.3, -0.25) is 15.5 Å². The molecule has 0 aromatic heterocycles. The molecule has 1 N–H and O–H groups in total. The normalized spacial score (nSPS) is 11.4. The molecule has 0 spiro atoms. The minimum Gasteiger partial charge on any atom is -0.406 e. The number of rotatable bonds is 5. The van der Waals surface area contributed by atoms with Gasteiger partial charge in [-0.15, -0.1) is 13.2 Å². The quantitative estimate of drug-likeness (QED) is 0.513. The lowest BCUT2D eigenvalue weighted by molar-refractivity contribution is -0.385. The third kappa shape index (κ3) is 4.99. The van der Waals surface area contributed by atoms with Crippen LogP contribution in [-0.4, -0.2) is 17.5 Å². The van der Waals surface area contributed by atoms with Crippen LogP contribution in [-0.2, 0) is 0 Å². The molecule has 0 aliphatic rings. The smallest absolute Gasteiger partial charge is 0.406 e. The summed E-state index contributed by atoms with van der Waals surface area (Å²) in [5, 5.41) is 14.7. The van der Waals surface area contributed by atoms with Crippen molar-refractivity contribution in [3.05, 3.63) is 64.2 Å². The van der Waals surface area contributed by atoms with Crippen LogP contribution >= 0.6 is 0 Å². The van der Waals surface area contributed by atoms with Crippen LogP contribution in [0.2, 0.25) is 0 Å². The molecule has 0 radical (unpaired) electrons. The highest BCUT2D eigenvalue weighted by Crippen LogP contribution is 2.27. The molecule has 2 rings (SSSR count). The van der Waals surface area contributed by atoms with E-state index in [2.05, 4.69) is 15.3 Å². The third-order valence-electron chi connectivity index (χ3n) is 2.60. The van der Waals surface area contributed by atoms with Gasteiger partial charge in [-0.25, -0.2) is 0 Å². The van der Waals surface area contributed by atoms with Crippen LogP contribution in [0.25, 0.3) is 0 Å². The molecule has 0 bridgehead atoms. The lowest BCUT2D eigenvalue weighted by atomic mass is 10.2. The number of alkyl halides is 3. The van der Waals surface area contributed by atoms with Crippen LogP contribution in [0, 0.1) is 10.1 Å². The first-order valence-electron chi connectivity index (χ1n) is 6.23. The van der Waals surface area contributed by atoms with E-state index in [1.807, 2.05) is 0 Å². The molecule has 0 aliphatic carbocycles. The molecular weight excluding hydrogens is 315 g/mol. The van der Waals surface area contributed by atoms with E-state index in [9.17, 15) is 23.3 Å². The fourth-order valence-corrected chi connectivity index (χ4v) is 1.69. The summed E-state index contributed by atoms with van der Waals surface area (Å²) < 4.78 is 40.3. The Morgan fingerprint density at radius 2 is 1.87 bits per heavy atom. The van der Waals surface area contributed by atoms with E-state index in [1.165, 1.54) is 0 Å². The van der Waals surface area contributed by atoms with E-state index in [-0.39, 0.29) is 5.56 Å². The van der Waals surface area contributed by atoms with Gasteiger partial charge >= 0.3 is 6.36 Å². The SMILES string of the molecule is O=[N+]([O-])c1ccc(OC(F)(F)F)cc1C=NNc1ccccc1. The number of hydrogen-bond donors (Lipinski definition) is 1. The molecule has 0 heterocycles. The van der Waals surface area contributed by atoms with Gasteiger partial charge in [0.2, 0.25) is 0 Å². The highest BCUT2D eigenvalue weighted by molar-refractivity contribution is 5.86. The monoisotopic (exact) mass is 325 g/mol. The minimum atomic E-state index is -4.88. The van der Waals surface area contributed by atoms with Crippen LogP contribution in [0.4, 0.5) is 24.5 Å². The van der Waals surface area contributed by atoms with E-state index in [0.29, 0.717) is 5.69 Å². The maximum absolute atomic E-state index is 12.2. The minimum absolute atomic E-state index is 0.125. The Balaban J connectivity index is 2.23. The number of nitrogens with one attached hydrogen (secondary N) is 1. The van der Waals surface area contributed by atoms with Crippen molar-refractivity contribution in [1.29, 1.82) is 0 Å². The molecular formula is C14H10F3N3O3. The van der Waals surface area contributed by atoms with Gasteiger partial charge in [0.15, 0.2) is 0 Å². The molecule has 2 aromatic rings. The number of para-hydroxylation sites is 1. The lowest BCUT2D eigenvalue weighted by Crippen LogP contribution is -2.17.